The highest BCUT2D eigenvalue weighted by Gasteiger charge is 2.24. The van der Waals surface area contributed by atoms with E-state index >= 15 is 0 Å². The van der Waals surface area contributed by atoms with Crippen molar-refractivity contribution in [3.63, 3.8) is 0 Å². The van der Waals surface area contributed by atoms with E-state index in [2.05, 4.69) is 20.2 Å². The molecule has 0 saturated carbocycles. The van der Waals surface area contributed by atoms with Crippen molar-refractivity contribution in [3.8, 4) is 0 Å². The lowest BCUT2D eigenvalue weighted by Gasteiger charge is -2.33. The summed E-state index contributed by atoms with van der Waals surface area (Å²) in [6.07, 6.45) is 2.99. The van der Waals surface area contributed by atoms with Gasteiger partial charge in [0.25, 0.3) is 5.91 Å². The molecule has 140 valence electrons. The summed E-state index contributed by atoms with van der Waals surface area (Å²) in [5.41, 5.74) is 0.927. The van der Waals surface area contributed by atoms with E-state index in [1.165, 1.54) is 12.4 Å². The minimum absolute atomic E-state index is 0.0909. The van der Waals surface area contributed by atoms with Crippen LogP contribution in [0.5, 0.6) is 0 Å². The standard InChI is InChI=1S/C20H21FN4O2/c1-12-10-16(13(2)27-12)20(26)24-14-6-8-25(9-7-14)19-15-4-3-5-17(21)18(15)22-11-23-19/h3-5,10-11,14H,6-9H2,1-2H3,(H,24,26). The lowest BCUT2D eigenvalue weighted by atomic mass is 10.0. The quantitative estimate of drug-likeness (QED) is 0.767. The summed E-state index contributed by atoms with van der Waals surface area (Å²) in [5, 5.41) is 3.80. The van der Waals surface area contributed by atoms with E-state index in [0.29, 0.717) is 22.2 Å². The third-order valence-corrected chi connectivity index (χ3v) is 5.01. The molecule has 1 aliphatic rings. The molecule has 7 heteroatoms. The summed E-state index contributed by atoms with van der Waals surface area (Å²) in [6.45, 7) is 5.09. The zero-order valence-electron chi connectivity index (χ0n) is 15.3. The van der Waals surface area contributed by atoms with E-state index in [1.54, 1.807) is 19.1 Å². The maximum Gasteiger partial charge on any atom is 0.255 e. The van der Waals surface area contributed by atoms with Crippen LogP contribution >= 0.6 is 0 Å². The predicted molar refractivity (Wildman–Crippen MR) is 100 cm³/mol. The van der Waals surface area contributed by atoms with Gasteiger partial charge in [-0.15, -0.1) is 0 Å². The number of hydrogen-bond acceptors (Lipinski definition) is 5. The maximum atomic E-state index is 14.0. The Balaban J connectivity index is 1.44. The number of nitrogens with zero attached hydrogens (tertiary/aromatic N) is 3. The van der Waals surface area contributed by atoms with E-state index in [1.807, 2.05) is 13.0 Å². The van der Waals surface area contributed by atoms with E-state index in [-0.39, 0.29) is 17.8 Å². The minimum Gasteiger partial charge on any atom is -0.466 e. The first-order chi connectivity index (χ1) is 13.0. The summed E-state index contributed by atoms with van der Waals surface area (Å²) in [7, 11) is 0. The smallest absolute Gasteiger partial charge is 0.255 e. The molecule has 0 aliphatic carbocycles. The number of hydrogen-bond donors (Lipinski definition) is 1. The molecular weight excluding hydrogens is 347 g/mol. The second-order valence-corrected chi connectivity index (χ2v) is 6.89. The second-order valence-electron chi connectivity index (χ2n) is 6.89. The fourth-order valence-corrected chi connectivity index (χ4v) is 3.64. The molecule has 1 aliphatic heterocycles. The number of nitrogens with one attached hydrogen (secondary N) is 1. The van der Waals surface area contributed by atoms with Crippen LogP contribution in [0.4, 0.5) is 10.2 Å². The van der Waals surface area contributed by atoms with Crippen LogP contribution in [0.15, 0.2) is 35.0 Å². The Hall–Kier alpha value is -2.96. The summed E-state index contributed by atoms with van der Waals surface area (Å²) >= 11 is 0. The molecule has 6 nitrogen and oxygen atoms in total. The summed E-state index contributed by atoms with van der Waals surface area (Å²) in [4.78, 5) is 23.0. The van der Waals surface area contributed by atoms with Gasteiger partial charge in [-0.25, -0.2) is 14.4 Å². The number of halogens is 1. The van der Waals surface area contributed by atoms with Crippen molar-refractivity contribution in [2.75, 3.05) is 18.0 Å². The highest BCUT2D eigenvalue weighted by molar-refractivity contribution is 5.95. The molecule has 27 heavy (non-hydrogen) atoms. The number of rotatable bonds is 3. The third-order valence-electron chi connectivity index (χ3n) is 5.01. The Labute approximate surface area is 156 Å². The molecule has 0 unspecified atom stereocenters. The molecular formula is C20H21FN4O2. The first-order valence-corrected chi connectivity index (χ1v) is 9.05. The average molecular weight is 368 g/mol. The molecule has 3 aromatic rings. The van der Waals surface area contributed by atoms with Crippen molar-refractivity contribution < 1.29 is 13.6 Å². The summed E-state index contributed by atoms with van der Waals surface area (Å²) in [5.74, 6) is 1.67. The maximum absolute atomic E-state index is 14.0. The molecule has 4 rings (SSSR count). The van der Waals surface area contributed by atoms with Crippen molar-refractivity contribution in [1.29, 1.82) is 0 Å². The van der Waals surface area contributed by atoms with Gasteiger partial charge < -0.3 is 14.6 Å². The molecule has 0 atom stereocenters. The molecule has 1 saturated heterocycles. The Morgan fingerprint density at radius 3 is 2.74 bits per heavy atom. The summed E-state index contributed by atoms with van der Waals surface area (Å²) < 4.78 is 19.4. The molecule has 1 N–H and O–H groups in total. The Kier molecular flexibility index (Phi) is 4.51. The molecule has 0 bridgehead atoms. The number of carbonyl (C=O) groups is 1. The van der Waals surface area contributed by atoms with E-state index in [4.69, 9.17) is 4.42 Å². The van der Waals surface area contributed by atoms with Gasteiger partial charge in [0.15, 0.2) is 0 Å². The number of amides is 1. The highest BCUT2D eigenvalue weighted by atomic mass is 19.1. The van der Waals surface area contributed by atoms with Gasteiger partial charge in [-0.3, -0.25) is 4.79 Å². The average Bonchev–Trinajstić information content (AvgIpc) is 3.01. The van der Waals surface area contributed by atoms with Crippen molar-refractivity contribution in [2.45, 2.75) is 32.7 Å². The molecule has 3 heterocycles. The number of aromatic nitrogens is 2. The van der Waals surface area contributed by atoms with Crippen LogP contribution in [-0.2, 0) is 0 Å². The minimum atomic E-state index is -0.343. The number of anilines is 1. The van der Waals surface area contributed by atoms with Gasteiger partial charge in [0, 0.05) is 24.5 Å². The fourth-order valence-electron chi connectivity index (χ4n) is 3.64. The van der Waals surface area contributed by atoms with Crippen LogP contribution in [0.3, 0.4) is 0 Å². The zero-order chi connectivity index (χ0) is 19.0. The number of furan rings is 1. The van der Waals surface area contributed by atoms with Gasteiger partial charge in [0.1, 0.15) is 35.0 Å². The van der Waals surface area contributed by atoms with E-state index in [0.717, 1.165) is 37.5 Å². The highest BCUT2D eigenvalue weighted by Crippen LogP contribution is 2.27. The van der Waals surface area contributed by atoms with Gasteiger partial charge in [-0.05, 0) is 44.9 Å². The van der Waals surface area contributed by atoms with Crippen LogP contribution in [0, 0.1) is 19.7 Å². The van der Waals surface area contributed by atoms with Crippen molar-refractivity contribution in [2.24, 2.45) is 0 Å². The molecule has 1 amide bonds. The van der Waals surface area contributed by atoms with E-state index in [9.17, 15) is 9.18 Å². The Bertz CT molecular complexity index is 993. The fraction of sp³-hybridized carbons (Fsp3) is 0.350. The zero-order valence-corrected chi connectivity index (χ0v) is 15.3. The lowest BCUT2D eigenvalue weighted by molar-refractivity contribution is 0.0929. The number of aryl methyl sites for hydroxylation is 2. The van der Waals surface area contributed by atoms with Gasteiger partial charge in [-0.1, -0.05) is 6.07 Å². The third kappa shape index (κ3) is 3.37. The normalized spacial score (nSPS) is 15.3. The molecule has 1 aromatic carbocycles. The van der Waals surface area contributed by atoms with Crippen LogP contribution < -0.4 is 10.2 Å². The number of carbonyl (C=O) groups excluding carboxylic acids is 1. The van der Waals surface area contributed by atoms with Gasteiger partial charge in [-0.2, -0.15) is 0 Å². The largest absolute Gasteiger partial charge is 0.466 e. The topological polar surface area (TPSA) is 71.3 Å². The molecule has 1 fully saturated rings. The second kappa shape index (κ2) is 6.98. The lowest BCUT2D eigenvalue weighted by Crippen LogP contribution is -2.45. The first kappa shape index (κ1) is 17.5. The predicted octanol–water partition coefficient (Wildman–Crippen LogP) is 3.38. The number of fused-ring (bicyclic) bond motifs is 1. The van der Waals surface area contributed by atoms with Crippen LogP contribution in [0.25, 0.3) is 10.9 Å². The van der Waals surface area contributed by atoms with Crippen LogP contribution in [0.2, 0.25) is 0 Å². The Morgan fingerprint density at radius 1 is 1.26 bits per heavy atom. The first-order valence-electron chi connectivity index (χ1n) is 9.05. The number of piperidine rings is 1. The monoisotopic (exact) mass is 368 g/mol. The van der Waals surface area contributed by atoms with Crippen LogP contribution in [-0.4, -0.2) is 35.0 Å². The Morgan fingerprint density at radius 2 is 2.04 bits per heavy atom. The van der Waals surface area contributed by atoms with Crippen molar-refractivity contribution >= 4 is 22.6 Å². The SMILES string of the molecule is Cc1cc(C(=O)NC2CCN(c3ncnc4c(F)cccc34)CC2)c(C)o1. The molecule has 2 aromatic heterocycles. The molecule has 0 spiro atoms. The van der Waals surface area contributed by atoms with Crippen molar-refractivity contribution in [3.05, 3.63) is 53.5 Å². The van der Waals surface area contributed by atoms with Gasteiger partial charge >= 0.3 is 0 Å². The number of para-hydroxylation sites is 1. The van der Waals surface area contributed by atoms with Crippen LogP contribution in [0.1, 0.15) is 34.7 Å². The van der Waals surface area contributed by atoms with E-state index < -0.39 is 0 Å². The summed E-state index contributed by atoms with van der Waals surface area (Å²) in [6, 6.07) is 6.77. The van der Waals surface area contributed by atoms with Gasteiger partial charge in [0.2, 0.25) is 0 Å². The molecule has 0 radical (unpaired) electrons. The van der Waals surface area contributed by atoms with Gasteiger partial charge in [0.05, 0.1) is 5.56 Å². The number of benzene rings is 1. The van der Waals surface area contributed by atoms with Crippen molar-refractivity contribution in [1.82, 2.24) is 15.3 Å².